The molecule has 25 heavy (non-hydrogen) atoms. The van der Waals surface area contributed by atoms with Crippen molar-refractivity contribution in [1.29, 1.82) is 0 Å². The number of aromatic nitrogens is 4. The molecule has 0 radical (unpaired) electrons. The number of imidazole rings is 1. The molecule has 2 N–H and O–H groups in total. The van der Waals surface area contributed by atoms with Gasteiger partial charge < -0.3 is 5.73 Å². The van der Waals surface area contributed by atoms with Crippen molar-refractivity contribution >= 4 is 44.7 Å². The smallest absolute Gasteiger partial charge is 0.191 e. The second-order valence-electron chi connectivity index (χ2n) is 6.39. The summed E-state index contributed by atoms with van der Waals surface area (Å²) in [5.74, 6) is 0.454. The molecule has 5 nitrogen and oxygen atoms in total. The molecule has 7 heteroatoms. The van der Waals surface area contributed by atoms with Crippen molar-refractivity contribution < 1.29 is 0 Å². The molecule has 2 aromatic heterocycles. The van der Waals surface area contributed by atoms with Crippen molar-refractivity contribution in [3.05, 3.63) is 40.6 Å². The van der Waals surface area contributed by atoms with Gasteiger partial charge in [-0.15, -0.1) is 0 Å². The minimum Gasteiger partial charge on any atom is -0.382 e. The highest BCUT2D eigenvalue weighted by Gasteiger charge is 2.20. The first-order valence-corrected chi connectivity index (χ1v) is 10.3. The molecule has 0 spiro atoms. The Morgan fingerprint density at radius 2 is 1.84 bits per heavy atom. The van der Waals surface area contributed by atoms with Crippen molar-refractivity contribution in [2.75, 3.05) is 5.73 Å². The third-order valence-electron chi connectivity index (χ3n) is 4.56. The highest BCUT2D eigenvalue weighted by Crippen LogP contribution is 2.33. The van der Waals surface area contributed by atoms with Crippen molar-refractivity contribution in [3.8, 4) is 0 Å². The van der Waals surface area contributed by atoms with E-state index in [1.54, 1.807) is 11.8 Å². The molecule has 2 heterocycles. The van der Waals surface area contributed by atoms with E-state index in [0.717, 1.165) is 15.5 Å². The van der Waals surface area contributed by atoms with Gasteiger partial charge in [-0.05, 0) is 34.3 Å². The van der Waals surface area contributed by atoms with Crippen LogP contribution in [0.25, 0.3) is 11.2 Å². The van der Waals surface area contributed by atoms with Gasteiger partial charge in [0.05, 0.1) is 6.54 Å². The zero-order valence-electron chi connectivity index (χ0n) is 13.9. The quantitative estimate of drug-likeness (QED) is 0.494. The number of nitrogens with zero attached hydrogens (tertiary/aromatic N) is 4. The molecule has 0 saturated heterocycles. The van der Waals surface area contributed by atoms with Crippen LogP contribution in [0.3, 0.4) is 0 Å². The van der Waals surface area contributed by atoms with E-state index in [1.807, 2.05) is 22.8 Å². The molecule has 1 saturated carbocycles. The van der Waals surface area contributed by atoms with Crippen molar-refractivity contribution in [3.63, 3.8) is 0 Å². The van der Waals surface area contributed by atoms with Crippen LogP contribution in [0.1, 0.15) is 37.7 Å². The maximum absolute atomic E-state index is 6.18. The van der Waals surface area contributed by atoms with Gasteiger partial charge in [-0.3, -0.25) is 4.57 Å². The minimum atomic E-state index is 0.454. The van der Waals surface area contributed by atoms with E-state index in [4.69, 9.17) is 10.7 Å². The second-order valence-corrected chi connectivity index (χ2v) is 8.37. The molecule has 0 bridgehead atoms. The van der Waals surface area contributed by atoms with Crippen LogP contribution in [-0.4, -0.2) is 24.8 Å². The van der Waals surface area contributed by atoms with E-state index in [2.05, 4.69) is 38.0 Å². The van der Waals surface area contributed by atoms with E-state index in [-0.39, 0.29) is 0 Å². The SMILES string of the molecule is Nc1nc(SC2CCCCC2)nc2c1nc(Br)n2Cc1ccccc1. The standard InChI is InChI=1S/C18H20BrN5S/c19-17-21-14-15(20)22-18(25-13-9-5-2-6-10-13)23-16(14)24(17)11-12-7-3-1-4-8-12/h1,3-4,7-8,13H,2,5-6,9-11H2,(H2,20,22,23). The molecule has 1 aromatic carbocycles. The summed E-state index contributed by atoms with van der Waals surface area (Å²) in [7, 11) is 0. The lowest BCUT2D eigenvalue weighted by Crippen LogP contribution is -2.10. The molecular weight excluding hydrogens is 398 g/mol. The van der Waals surface area contributed by atoms with E-state index >= 15 is 0 Å². The number of halogens is 1. The Labute approximate surface area is 159 Å². The van der Waals surface area contributed by atoms with Gasteiger partial charge in [0.1, 0.15) is 0 Å². The van der Waals surface area contributed by atoms with Crippen LogP contribution >= 0.6 is 27.7 Å². The predicted molar refractivity (Wildman–Crippen MR) is 106 cm³/mol. The lowest BCUT2D eigenvalue weighted by Gasteiger charge is -2.20. The fraction of sp³-hybridized carbons (Fsp3) is 0.389. The molecule has 4 rings (SSSR count). The first kappa shape index (κ1) is 16.8. The molecule has 130 valence electrons. The van der Waals surface area contributed by atoms with Crippen molar-refractivity contribution in [1.82, 2.24) is 19.5 Å². The van der Waals surface area contributed by atoms with Gasteiger partial charge in [0.25, 0.3) is 0 Å². The van der Waals surface area contributed by atoms with Crippen LogP contribution in [0.5, 0.6) is 0 Å². The number of fused-ring (bicyclic) bond motifs is 1. The van der Waals surface area contributed by atoms with Gasteiger partial charge in [-0.25, -0.2) is 15.0 Å². The summed E-state index contributed by atoms with van der Waals surface area (Å²) in [5, 5.41) is 1.36. The lowest BCUT2D eigenvalue weighted by molar-refractivity contribution is 0.515. The Morgan fingerprint density at radius 1 is 1.08 bits per heavy atom. The van der Waals surface area contributed by atoms with Crippen LogP contribution in [0.4, 0.5) is 5.82 Å². The van der Waals surface area contributed by atoms with Crippen molar-refractivity contribution in [2.45, 2.75) is 49.1 Å². The molecule has 0 atom stereocenters. The highest BCUT2D eigenvalue weighted by atomic mass is 79.9. The fourth-order valence-corrected chi connectivity index (χ4v) is 4.89. The number of thioether (sulfide) groups is 1. The molecule has 0 amide bonds. The molecule has 1 aliphatic carbocycles. The normalized spacial score (nSPS) is 15.7. The van der Waals surface area contributed by atoms with E-state index < -0.39 is 0 Å². The zero-order chi connectivity index (χ0) is 17.2. The molecule has 1 aliphatic rings. The average molecular weight is 418 g/mol. The zero-order valence-corrected chi connectivity index (χ0v) is 16.3. The second kappa shape index (κ2) is 7.33. The third kappa shape index (κ3) is 3.67. The average Bonchev–Trinajstić information content (AvgIpc) is 2.94. The number of benzene rings is 1. The van der Waals surface area contributed by atoms with Crippen LogP contribution in [0.2, 0.25) is 0 Å². The lowest BCUT2D eigenvalue weighted by atomic mass is 10.0. The summed E-state index contributed by atoms with van der Waals surface area (Å²) < 4.78 is 2.78. The number of rotatable bonds is 4. The van der Waals surface area contributed by atoms with Crippen LogP contribution in [0.15, 0.2) is 40.2 Å². The third-order valence-corrected chi connectivity index (χ3v) is 6.37. The van der Waals surface area contributed by atoms with Crippen LogP contribution < -0.4 is 5.73 Å². The fourth-order valence-electron chi connectivity index (χ4n) is 3.27. The summed E-state index contributed by atoms with van der Waals surface area (Å²) >= 11 is 5.31. The summed E-state index contributed by atoms with van der Waals surface area (Å²) in [6.07, 6.45) is 6.41. The number of nitrogen functional groups attached to an aromatic ring is 1. The van der Waals surface area contributed by atoms with Crippen molar-refractivity contribution in [2.24, 2.45) is 0 Å². The predicted octanol–water partition coefficient (Wildman–Crippen LogP) is 4.64. The Hall–Kier alpha value is -1.60. The summed E-state index contributed by atoms with van der Waals surface area (Å²) in [4.78, 5) is 13.8. The van der Waals surface area contributed by atoms with E-state index in [9.17, 15) is 0 Å². The van der Waals surface area contributed by atoms with Gasteiger partial charge in [0.15, 0.2) is 26.9 Å². The van der Waals surface area contributed by atoms with Crippen LogP contribution in [-0.2, 0) is 6.54 Å². The number of hydrogen-bond donors (Lipinski definition) is 1. The van der Waals surface area contributed by atoms with Gasteiger partial charge in [-0.2, -0.15) is 0 Å². The minimum absolute atomic E-state index is 0.454. The Morgan fingerprint density at radius 3 is 2.60 bits per heavy atom. The Bertz CT molecular complexity index is 874. The summed E-state index contributed by atoms with van der Waals surface area (Å²) in [5.41, 5.74) is 8.83. The maximum Gasteiger partial charge on any atom is 0.191 e. The highest BCUT2D eigenvalue weighted by molar-refractivity contribution is 9.10. The number of anilines is 1. The molecule has 3 aromatic rings. The van der Waals surface area contributed by atoms with Gasteiger partial charge >= 0.3 is 0 Å². The summed E-state index contributed by atoms with van der Waals surface area (Å²) in [6, 6.07) is 10.3. The largest absolute Gasteiger partial charge is 0.382 e. The monoisotopic (exact) mass is 417 g/mol. The maximum atomic E-state index is 6.18. The molecular formula is C18H20BrN5S. The summed E-state index contributed by atoms with van der Waals surface area (Å²) in [6.45, 7) is 0.696. The van der Waals surface area contributed by atoms with E-state index in [1.165, 1.54) is 37.7 Å². The van der Waals surface area contributed by atoms with Crippen LogP contribution in [0, 0.1) is 0 Å². The van der Waals surface area contributed by atoms with E-state index in [0.29, 0.717) is 23.1 Å². The van der Waals surface area contributed by atoms with Gasteiger partial charge in [-0.1, -0.05) is 61.4 Å². The first-order chi connectivity index (χ1) is 12.2. The number of nitrogens with two attached hydrogens (primary N) is 1. The molecule has 0 unspecified atom stereocenters. The molecule has 0 aliphatic heterocycles. The molecule has 1 fully saturated rings. The number of hydrogen-bond acceptors (Lipinski definition) is 5. The van der Waals surface area contributed by atoms with Gasteiger partial charge in [0.2, 0.25) is 0 Å². The van der Waals surface area contributed by atoms with Gasteiger partial charge in [0, 0.05) is 5.25 Å². The topological polar surface area (TPSA) is 69.6 Å². The Balaban J connectivity index is 1.69. The first-order valence-electron chi connectivity index (χ1n) is 8.60. The Kier molecular flexibility index (Phi) is 4.94.